The number of hydrogen-bond donors (Lipinski definition) is 1. The van der Waals surface area contributed by atoms with Crippen LogP contribution in [-0.2, 0) is 13.6 Å². The predicted molar refractivity (Wildman–Crippen MR) is 98.3 cm³/mol. The highest BCUT2D eigenvalue weighted by atomic mass is 15.2. The molecular weight excluding hydrogens is 300 g/mol. The van der Waals surface area contributed by atoms with Gasteiger partial charge < -0.3 is 14.8 Å². The molecule has 0 radical (unpaired) electrons. The summed E-state index contributed by atoms with van der Waals surface area (Å²) in [5.41, 5.74) is 2.40. The van der Waals surface area contributed by atoms with E-state index in [1.165, 1.54) is 18.5 Å². The van der Waals surface area contributed by atoms with E-state index >= 15 is 0 Å². The lowest BCUT2D eigenvalue weighted by atomic mass is 10.1. The van der Waals surface area contributed by atoms with Gasteiger partial charge in [0.05, 0.1) is 23.9 Å². The van der Waals surface area contributed by atoms with Crippen molar-refractivity contribution in [2.75, 3.05) is 37.4 Å². The highest BCUT2D eigenvalue weighted by Crippen LogP contribution is 2.19. The Morgan fingerprint density at radius 3 is 2.75 bits per heavy atom. The van der Waals surface area contributed by atoms with Gasteiger partial charge in [-0.25, -0.2) is 9.97 Å². The molecule has 0 amide bonds. The first-order chi connectivity index (χ1) is 11.6. The van der Waals surface area contributed by atoms with Gasteiger partial charge in [0.1, 0.15) is 5.82 Å². The van der Waals surface area contributed by atoms with Crippen molar-refractivity contribution in [3.05, 3.63) is 36.5 Å². The van der Waals surface area contributed by atoms with E-state index in [1.54, 1.807) is 0 Å². The molecule has 0 aliphatic carbocycles. The van der Waals surface area contributed by atoms with Crippen LogP contribution in [-0.4, -0.2) is 52.7 Å². The number of nitrogens with zero attached hydrogens (tertiary/aromatic N) is 5. The largest absolute Gasteiger partial charge is 0.381 e. The van der Waals surface area contributed by atoms with Gasteiger partial charge in [0, 0.05) is 46.5 Å². The Hall–Kier alpha value is -2.08. The summed E-state index contributed by atoms with van der Waals surface area (Å²) in [7, 11) is 6.09. The Morgan fingerprint density at radius 1 is 1.21 bits per heavy atom. The highest BCUT2D eigenvalue weighted by molar-refractivity contribution is 5.48. The molecule has 1 atom stereocenters. The maximum absolute atomic E-state index is 4.49. The zero-order valence-electron chi connectivity index (χ0n) is 14.9. The zero-order valence-corrected chi connectivity index (χ0v) is 14.9. The van der Waals surface area contributed by atoms with E-state index in [2.05, 4.69) is 43.9 Å². The van der Waals surface area contributed by atoms with Gasteiger partial charge in [-0.15, -0.1) is 0 Å². The normalized spacial score (nSPS) is 19.0. The fraction of sp³-hybridized carbons (Fsp3) is 0.556. The first kappa shape index (κ1) is 16.8. The summed E-state index contributed by atoms with van der Waals surface area (Å²) in [6, 6.07) is 4.71. The van der Waals surface area contributed by atoms with E-state index in [9.17, 15) is 0 Å². The molecule has 3 rings (SSSR count). The number of rotatable bonds is 5. The summed E-state index contributed by atoms with van der Waals surface area (Å²) >= 11 is 0. The quantitative estimate of drug-likeness (QED) is 0.913. The van der Waals surface area contributed by atoms with Gasteiger partial charge in [0.25, 0.3) is 0 Å². The van der Waals surface area contributed by atoms with Crippen LogP contribution in [0.1, 0.15) is 25.0 Å². The van der Waals surface area contributed by atoms with Gasteiger partial charge >= 0.3 is 0 Å². The summed E-state index contributed by atoms with van der Waals surface area (Å²) in [6.07, 6.45) is 9.37. The van der Waals surface area contributed by atoms with Crippen LogP contribution >= 0.6 is 0 Å². The molecule has 0 saturated carbocycles. The van der Waals surface area contributed by atoms with Crippen LogP contribution in [0.4, 0.5) is 11.5 Å². The third-order valence-corrected chi connectivity index (χ3v) is 4.70. The van der Waals surface area contributed by atoms with Crippen LogP contribution in [0.5, 0.6) is 0 Å². The molecule has 1 aliphatic rings. The van der Waals surface area contributed by atoms with Crippen LogP contribution in [0, 0.1) is 0 Å². The van der Waals surface area contributed by atoms with E-state index in [0.717, 1.165) is 37.6 Å². The monoisotopic (exact) mass is 328 g/mol. The molecule has 24 heavy (non-hydrogen) atoms. The summed E-state index contributed by atoms with van der Waals surface area (Å²) in [5.74, 6) is 0.990. The first-order valence-corrected chi connectivity index (χ1v) is 8.69. The smallest absolute Gasteiger partial charge is 0.128 e. The minimum absolute atomic E-state index is 0.522. The van der Waals surface area contributed by atoms with E-state index in [4.69, 9.17) is 0 Å². The topological polar surface area (TPSA) is 49.2 Å². The molecule has 1 fully saturated rings. The van der Waals surface area contributed by atoms with E-state index in [0.29, 0.717) is 6.04 Å². The Labute approximate surface area is 144 Å². The summed E-state index contributed by atoms with van der Waals surface area (Å²) in [5, 5.41) is 3.65. The lowest BCUT2D eigenvalue weighted by molar-refractivity contribution is 0.270. The van der Waals surface area contributed by atoms with Gasteiger partial charge in [0.2, 0.25) is 0 Å². The average Bonchev–Trinajstić information content (AvgIpc) is 2.84. The van der Waals surface area contributed by atoms with Gasteiger partial charge in [-0.1, -0.05) is 0 Å². The fourth-order valence-corrected chi connectivity index (χ4v) is 3.20. The van der Waals surface area contributed by atoms with Gasteiger partial charge in [0.15, 0.2) is 0 Å². The molecule has 0 unspecified atom stereocenters. The van der Waals surface area contributed by atoms with Crippen molar-refractivity contribution in [3.8, 4) is 0 Å². The molecular formula is C18H28N6. The van der Waals surface area contributed by atoms with E-state index in [1.807, 2.05) is 37.7 Å². The van der Waals surface area contributed by atoms with Crippen molar-refractivity contribution < 1.29 is 0 Å². The Bertz CT molecular complexity index is 633. The summed E-state index contributed by atoms with van der Waals surface area (Å²) in [6.45, 7) is 3.26. The molecule has 0 spiro atoms. The number of aryl methyl sites for hydroxylation is 1. The van der Waals surface area contributed by atoms with Gasteiger partial charge in [-0.2, -0.15) is 0 Å². The first-order valence-electron chi connectivity index (χ1n) is 8.69. The number of hydrogen-bond acceptors (Lipinski definition) is 5. The van der Waals surface area contributed by atoms with Crippen LogP contribution in [0.25, 0.3) is 0 Å². The van der Waals surface area contributed by atoms with Crippen LogP contribution < -0.4 is 10.2 Å². The Balaban J connectivity index is 1.52. The molecule has 0 bridgehead atoms. The van der Waals surface area contributed by atoms with Crippen molar-refractivity contribution in [1.82, 2.24) is 19.4 Å². The number of aromatic nitrogens is 3. The van der Waals surface area contributed by atoms with Crippen molar-refractivity contribution in [1.29, 1.82) is 0 Å². The molecule has 1 N–H and O–H groups in total. The molecule has 2 aromatic rings. The number of pyridine rings is 1. The maximum atomic E-state index is 4.49. The zero-order chi connectivity index (χ0) is 16.9. The standard InChI is InChI=1S/C18H28N6/c1-22(2)18-7-6-16(11-20-18)21-15-5-4-9-24(10-8-15)13-17-12-19-14-23(17)3/h6-7,11-12,14-15,21H,4-5,8-10,13H2,1-3H3/t15-/m1/s1. The Kier molecular flexibility index (Phi) is 5.35. The Morgan fingerprint density at radius 2 is 2.08 bits per heavy atom. The molecule has 1 saturated heterocycles. The van der Waals surface area contributed by atoms with Crippen LogP contribution in [0.15, 0.2) is 30.9 Å². The second kappa shape index (κ2) is 7.66. The second-order valence-electron chi connectivity index (χ2n) is 6.84. The summed E-state index contributed by atoms with van der Waals surface area (Å²) < 4.78 is 2.11. The SMILES string of the molecule is CN(C)c1ccc(N[C@@H]2CCCN(Cc3cncn3C)CC2)cn1. The predicted octanol–water partition coefficient (Wildman–Crippen LogP) is 2.35. The number of anilines is 2. The molecule has 6 nitrogen and oxygen atoms in total. The van der Waals surface area contributed by atoms with E-state index < -0.39 is 0 Å². The minimum Gasteiger partial charge on any atom is -0.381 e. The van der Waals surface area contributed by atoms with Crippen molar-refractivity contribution in [3.63, 3.8) is 0 Å². The molecule has 2 aromatic heterocycles. The molecule has 6 heteroatoms. The van der Waals surface area contributed by atoms with Crippen molar-refractivity contribution >= 4 is 11.5 Å². The minimum atomic E-state index is 0.522. The molecule has 1 aliphatic heterocycles. The highest BCUT2D eigenvalue weighted by Gasteiger charge is 2.18. The maximum Gasteiger partial charge on any atom is 0.128 e. The third kappa shape index (κ3) is 4.26. The number of likely N-dealkylation sites (tertiary alicyclic amines) is 1. The number of nitrogens with one attached hydrogen (secondary N) is 1. The average molecular weight is 328 g/mol. The lowest BCUT2D eigenvalue weighted by Crippen LogP contribution is -2.27. The van der Waals surface area contributed by atoms with Gasteiger partial charge in [-0.3, -0.25) is 4.90 Å². The van der Waals surface area contributed by atoms with Crippen LogP contribution in [0.2, 0.25) is 0 Å². The van der Waals surface area contributed by atoms with Crippen LogP contribution in [0.3, 0.4) is 0 Å². The fourth-order valence-electron chi connectivity index (χ4n) is 3.20. The summed E-state index contributed by atoms with van der Waals surface area (Å²) in [4.78, 5) is 13.3. The molecule has 3 heterocycles. The van der Waals surface area contributed by atoms with E-state index in [-0.39, 0.29) is 0 Å². The lowest BCUT2D eigenvalue weighted by Gasteiger charge is -2.21. The van der Waals surface area contributed by atoms with Gasteiger partial charge in [-0.05, 0) is 37.9 Å². The molecule has 0 aromatic carbocycles. The van der Waals surface area contributed by atoms with Crippen molar-refractivity contribution in [2.45, 2.75) is 31.8 Å². The second-order valence-corrected chi connectivity index (χ2v) is 6.84. The number of imidazole rings is 1. The van der Waals surface area contributed by atoms with Crippen molar-refractivity contribution in [2.24, 2.45) is 7.05 Å². The third-order valence-electron chi connectivity index (χ3n) is 4.70. The molecule has 130 valence electrons.